The summed E-state index contributed by atoms with van der Waals surface area (Å²) in [4.78, 5) is 12.6. The van der Waals surface area contributed by atoms with E-state index in [1.165, 1.54) is 0 Å². The highest BCUT2D eigenvalue weighted by Crippen LogP contribution is 2.32. The summed E-state index contributed by atoms with van der Waals surface area (Å²) in [5.74, 6) is 1.56. The Bertz CT molecular complexity index is 618. The van der Waals surface area contributed by atoms with Gasteiger partial charge >= 0.3 is 0 Å². The molecule has 0 aliphatic heterocycles. The first kappa shape index (κ1) is 21.6. The van der Waals surface area contributed by atoms with E-state index < -0.39 is 0 Å². The first-order valence-corrected chi connectivity index (χ1v) is 9.93. The second kappa shape index (κ2) is 10.6. The number of carbonyl (C=O) groups is 1. The summed E-state index contributed by atoms with van der Waals surface area (Å²) in [5, 5.41) is 0. The molecule has 27 heavy (non-hydrogen) atoms. The molecule has 0 bridgehead atoms. The molecule has 1 aliphatic rings. The van der Waals surface area contributed by atoms with Crippen LogP contribution in [-0.2, 0) is 20.9 Å². The maximum absolute atomic E-state index is 12.6. The average Bonchev–Trinajstić information content (AvgIpc) is 2.66. The van der Waals surface area contributed by atoms with E-state index in [0.29, 0.717) is 25.4 Å². The van der Waals surface area contributed by atoms with Gasteiger partial charge in [0.2, 0.25) is 0 Å². The molecule has 1 saturated carbocycles. The van der Waals surface area contributed by atoms with Crippen molar-refractivity contribution >= 4 is 5.78 Å². The number of methoxy groups -OCH3 is 2. The van der Waals surface area contributed by atoms with E-state index in [-0.39, 0.29) is 23.9 Å². The lowest BCUT2D eigenvalue weighted by Gasteiger charge is -2.36. The van der Waals surface area contributed by atoms with Crippen LogP contribution in [0.25, 0.3) is 0 Å². The van der Waals surface area contributed by atoms with Crippen molar-refractivity contribution in [2.45, 2.75) is 65.3 Å². The lowest BCUT2D eigenvalue weighted by molar-refractivity contribution is -0.143. The lowest BCUT2D eigenvalue weighted by Crippen LogP contribution is -2.45. The SMILES string of the molecule is COc1ccc(CO[C@@H]2CCC(=O)[C@@H](C(C)=CCCC(C)C)[C@@H]2OC)cc1. The highest BCUT2D eigenvalue weighted by Gasteiger charge is 2.40. The number of ketones is 1. The number of ether oxygens (including phenoxy) is 3. The Balaban J connectivity index is 2.02. The zero-order valence-corrected chi connectivity index (χ0v) is 17.4. The highest BCUT2D eigenvalue weighted by molar-refractivity contribution is 5.85. The summed E-state index contributed by atoms with van der Waals surface area (Å²) in [6.07, 6.45) is 5.30. The van der Waals surface area contributed by atoms with Crippen LogP contribution in [-0.4, -0.2) is 32.2 Å². The van der Waals surface area contributed by atoms with Crippen LogP contribution in [0.5, 0.6) is 5.75 Å². The molecule has 150 valence electrons. The van der Waals surface area contributed by atoms with Gasteiger partial charge in [0, 0.05) is 13.5 Å². The maximum atomic E-state index is 12.6. The average molecular weight is 375 g/mol. The number of hydrogen-bond donors (Lipinski definition) is 0. The molecule has 1 aliphatic carbocycles. The van der Waals surface area contributed by atoms with Gasteiger partial charge in [0.25, 0.3) is 0 Å². The van der Waals surface area contributed by atoms with E-state index in [0.717, 1.165) is 29.7 Å². The van der Waals surface area contributed by atoms with Gasteiger partial charge in [-0.2, -0.15) is 0 Å². The fourth-order valence-corrected chi connectivity index (χ4v) is 3.68. The van der Waals surface area contributed by atoms with Crippen LogP contribution in [0, 0.1) is 11.8 Å². The topological polar surface area (TPSA) is 44.8 Å². The Morgan fingerprint density at radius 3 is 2.52 bits per heavy atom. The number of benzene rings is 1. The summed E-state index contributed by atoms with van der Waals surface area (Å²) in [6.45, 7) is 7.00. The number of Topliss-reactive ketones (excluding diaryl/α,β-unsaturated/α-hetero) is 1. The van der Waals surface area contributed by atoms with Crippen LogP contribution in [0.3, 0.4) is 0 Å². The molecule has 1 fully saturated rings. The quantitative estimate of drug-likeness (QED) is 0.573. The van der Waals surface area contributed by atoms with Crippen molar-refractivity contribution in [1.29, 1.82) is 0 Å². The van der Waals surface area contributed by atoms with Crippen molar-refractivity contribution in [1.82, 2.24) is 0 Å². The summed E-state index contributed by atoms with van der Waals surface area (Å²) < 4.78 is 17.1. The Morgan fingerprint density at radius 1 is 1.22 bits per heavy atom. The van der Waals surface area contributed by atoms with Crippen molar-refractivity contribution < 1.29 is 19.0 Å². The smallest absolute Gasteiger partial charge is 0.142 e. The molecule has 0 spiro atoms. The Labute approximate surface area is 163 Å². The van der Waals surface area contributed by atoms with Crippen molar-refractivity contribution in [2.24, 2.45) is 11.8 Å². The summed E-state index contributed by atoms with van der Waals surface area (Å²) in [5.41, 5.74) is 2.20. The van der Waals surface area contributed by atoms with Gasteiger partial charge in [0.15, 0.2) is 0 Å². The molecule has 0 heterocycles. The molecule has 0 radical (unpaired) electrons. The Kier molecular flexibility index (Phi) is 8.52. The van der Waals surface area contributed by atoms with Crippen molar-refractivity contribution in [3.05, 3.63) is 41.5 Å². The first-order valence-electron chi connectivity index (χ1n) is 9.93. The van der Waals surface area contributed by atoms with E-state index >= 15 is 0 Å². The third kappa shape index (κ3) is 6.18. The summed E-state index contributed by atoms with van der Waals surface area (Å²) in [6, 6.07) is 7.87. The molecule has 4 nitrogen and oxygen atoms in total. The second-order valence-corrected chi connectivity index (χ2v) is 7.80. The minimum atomic E-state index is -0.222. The van der Waals surface area contributed by atoms with E-state index in [1.54, 1.807) is 14.2 Å². The van der Waals surface area contributed by atoms with Crippen LogP contribution < -0.4 is 4.74 Å². The third-order valence-electron chi connectivity index (χ3n) is 5.31. The normalized spacial score (nSPS) is 23.7. The number of allylic oxidation sites excluding steroid dienone is 1. The van der Waals surface area contributed by atoms with Crippen LogP contribution in [0.1, 0.15) is 52.0 Å². The molecule has 0 N–H and O–H groups in total. The molecule has 0 amide bonds. The van der Waals surface area contributed by atoms with Crippen molar-refractivity contribution in [3.63, 3.8) is 0 Å². The first-order chi connectivity index (χ1) is 13.0. The van der Waals surface area contributed by atoms with Gasteiger partial charge in [-0.1, -0.05) is 37.6 Å². The van der Waals surface area contributed by atoms with Crippen molar-refractivity contribution in [3.8, 4) is 5.75 Å². The monoisotopic (exact) mass is 374 g/mol. The molecular formula is C23H34O4. The molecule has 0 saturated heterocycles. The molecule has 3 atom stereocenters. The third-order valence-corrected chi connectivity index (χ3v) is 5.31. The fraction of sp³-hybridized carbons (Fsp3) is 0.609. The Hall–Kier alpha value is -1.65. The van der Waals surface area contributed by atoms with E-state index in [4.69, 9.17) is 14.2 Å². The molecule has 1 aromatic carbocycles. The molecule has 1 aromatic rings. The van der Waals surface area contributed by atoms with Gasteiger partial charge in [0.1, 0.15) is 11.5 Å². The van der Waals surface area contributed by atoms with Gasteiger partial charge in [-0.25, -0.2) is 0 Å². The number of hydrogen-bond acceptors (Lipinski definition) is 4. The van der Waals surface area contributed by atoms with Gasteiger partial charge in [-0.15, -0.1) is 0 Å². The number of rotatable bonds is 9. The van der Waals surface area contributed by atoms with Crippen molar-refractivity contribution in [2.75, 3.05) is 14.2 Å². The minimum absolute atomic E-state index is 0.0757. The maximum Gasteiger partial charge on any atom is 0.142 e. The van der Waals surface area contributed by atoms with E-state index in [1.807, 2.05) is 24.3 Å². The van der Waals surface area contributed by atoms with Crippen LogP contribution in [0.15, 0.2) is 35.9 Å². The standard InChI is InChI=1S/C23H34O4/c1-16(2)7-6-8-17(3)22-20(24)13-14-21(23(22)26-5)27-15-18-9-11-19(25-4)12-10-18/h8-12,16,21-23H,6-7,13-15H2,1-5H3/t21-,22-,23-/m1/s1. The van der Waals surface area contributed by atoms with Crippen LogP contribution in [0.4, 0.5) is 0 Å². The zero-order valence-electron chi connectivity index (χ0n) is 17.4. The van der Waals surface area contributed by atoms with Crippen LogP contribution >= 0.6 is 0 Å². The van der Waals surface area contributed by atoms with Gasteiger partial charge in [0.05, 0.1) is 31.8 Å². The minimum Gasteiger partial charge on any atom is -0.497 e. The predicted molar refractivity (Wildman–Crippen MR) is 108 cm³/mol. The fourth-order valence-electron chi connectivity index (χ4n) is 3.68. The van der Waals surface area contributed by atoms with E-state index in [9.17, 15) is 4.79 Å². The number of carbonyl (C=O) groups excluding carboxylic acids is 1. The largest absolute Gasteiger partial charge is 0.497 e. The lowest BCUT2D eigenvalue weighted by atomic mass is 9.78. The summed E-state index contributed by atoms with van der Waals surface area (Å²) >= 11 is 0. The zero-order chi connectivity index (χ0) is 19.8. The van der Waals surface area contributed by atoms with Gasteiger partial charge < -0.3 is 14.2 Å². The molecule has 0 unspecified atom stereocenters. The predicted octanol–water partition coefficient (Wildman–Crippen LogP) is 4.96. The van der Waals surface area contributed by atoms with Gasteiger partial charge in [-0.3, -0.25) is 4.79 Å². The molecule has 4 heteroatoms. The van der Waals surface area contributed by atoms with E-state index in [2.05, 4.69) is 26.8 Å². The van der Waals surface area contributed by atoms with Crippen LogP contribution in [0.2, 0.25) is 0 Å². The Morgan fingerprint density at radius 2 is 1.93 bits per heavy atom. The molecule has 0 aromatic heterocycles. The summed E-state index contributed by atoms with van der Waals surface area (Å²) in [7, 11) is 3.34. The second-order valence-electron chi connectivity index (χ2n) is 7.80. The molecular weight excluding hydrogens is 340 g/mol. The van der Waals surface area contributed by atoms with Gasteiger partial charge in [-0.05, 0) is 49.8 Å². The molecule has 2 rings (SSSR count). The highest BCUT2D eigenvalue weighted by atomic mass is 16.5.